The summed E-state index contributed by atoms with van der Waals surface area (Å²) in [7, 11) is 0. The third-order valence-corrected chi connectivity index (χ3v) is 3.48. The van der Waals surface area contributed by atoms with Crippen LogP contribution in [0.3, 0.4) is 0 Å². The smallest absolute Gasteiger partial charge is 0.347 e. The molecule has 124 valence electrons. The van der Waals surface area contributed by atoms with E-state index in [1.54, 1.807) is 19.1 Å². The summed E-state index contributed by atoms with van der Waals surface area (Å²) in [6, 6.07) is 5.50. The predicted octanol–water partition coefficient (Wildman–Crippen LogP) is 2.13. The summed E-state index contributed by atoms with van der Waals surface area (Å²) in [5, 5.41) is 9.22. The van der Waals surface area contributed by atoms with E-state index in [9.17, 15) is 18.0 Å². The fourth-order valence-corrected chi connectivity index (χ4v) is 2.07. The minimum Gasteiger partial charge on any atom is -0.347 e. The molecule has 1 aromatic heterocycles. The van der Waals surface area contributed by atoms with Crippen LogP contribution in [0.1, 0.15) is 23.1 Å². The lowest BCUT2D eigenvalue weighted by Gasteiger charge is -2.13. The number of hydrogen-bond acceptors (Lipinski definition) is 4. The molecule has 2 rings (SSSR count). The number of rotatable bonds is 4. The van der Waals surface area contributed by atoms with Crippen LogP contribution in [0.5, 0.6) is 0 Å². The molecule has 2 aromatic rings. The van der Waals surface area contributed by atoms with Crippen LogP contribution in [0.2, 0.25) is 0 Å². The van der Waals surface area contributed by atoms with Crippen LogP contribution in [0.15, 0.2) is 28.7 Å². The van der Waals surface area contributed by atoms with E-state index >= 15 is 0 Å². The second kappa shape index (κ2) is 6.67. The van der Waals surface area contributed by atoms with Crippen molar-refractivity contribution < 1.29 is 18.0 Å². The minimum absolute atomic E-state index is 0.0912. The Morgan fingerprint density at radius 1 is 1.39 bits per heavy atom. The fraction of sp³-hybridized carbons (Fsp3) is 0.308. The number of alkyl halides is 3. The Kier molecular flexibility index (Phi) is 5.05. The highest BCUT2D eigenvalue weighted by Crippen LogP contribution is 2.32. The van der Waals surface area contributed by atoms with E-state index in [1.165, 1.54) is 12.1 Å². The van der Waals surface area contributed by atoms with Gasteiger partial charge >= 0.3 is 6.18 Å². The third-order valence-electron chi connectivity index (χ3n) is 2.96. The molecule has 0 fully saturated rings. The van der Waals surface area contributed by atoms with E-state index in [1.807, 2.05) is 0 Å². The molecule has 1 aromatic carbocycles. The Labute approximate surface area is 138 Å². The topological polar surface area (TPSA) is 85.8 Å². The monoisotopic (exact) mass is 391 g/mol. The van der Waals surface area contributed by atoms with Gasteiger partial charge in [0, 0.05) is 17.1 Å². The van der Waals surface area contributed by atoms with Gasteiger partial charge in [-0.15, -0.1) is 5.10 Å². The van der Waals surface area contributed by atoms with Gasteiger partial charge in [0.1, 0.15) is 0 Å². The average molecular weight is 392 g/mol. The van der Waals surface area contributed by atoms with Crippen LogP contribution in [-0.4, -0.2) is 33.5 Å². The Hall–Kier alpha value is -1.94. The van der Waals surface area contributed by atoms with Crippen molar-refractivity contribution in [1.82, 2.24) is 20.3 Å². The number of amides is 1. The molecule has 0 saturated heterocycles. The van der Waals surface area contributed by atoms with E-state index < -0.39 is 29.5 Å². The molecular formula is C13H13BrF3N5O. The van der Waals surface area contributed by atoms with Crippen molar-refractivity contribution in [2.24, 2.45) is 5.73 Å². The lowest BCUT2D eigenvalue weighted by molar-refractivity contribution is -0.143. The minimum atomic E-state index is -4.80. The summed E-state index contributed by atoms with van der Waals surface area (Å²) in [6.07, 6.45) is -4.80. The normalized spacial score (nSPS) is 13.0. The van der Waals surface area contributed by atoms with Crippen LogP contribution in [-0.2, 0) is 6.18 Å². The number of halogens is 4. The first kappa shape index (κ1) is 17.4. The lowest BCUT2D eigenvalue weighted by Crippen LogP contribution is -2.38. The van der Waals surface area contributed by atoms with Gasteiger partial charge in [0.15, 0.2) is 11.4 Å². The largest absolute Gasteiger partial charge is 0.435 e. The van der Waals surface area contributed by atoms with Gasteiger partial charge in [-0.25, -0.2) is 4.68 Å². The summed E-state index contributed by atoms with van der Waals surface area (Å²) in [4.78, 5) is 12.0. The van der Waals surface area contributed by atoms with Gasteiger partial charge in [-0.05, 0) is 31.2 Å². The number of carbonyl (C=O) groups is 1. The molecule has 0 bridgehead atoms. The second-order valence-electron chi connectivity index (χ2n) is 4.78. The second-order valence-corrected chi connectivity index (χ2v) is 5.70. The Morgan fingerprint density at radius 3 is 2.52 bits per heavy atom. The van der Waals surface area contributed by atoms with E-state index in [2.05, 4.69) is 31.6 Å². The number of nitrogens with two attached hydrogens (primary N) is 1. The zero-order valence-electron chi connectivity index (χ0n) is 11.9. The molecule has 23 heavy (non-hydrogen) atoms. The number of hydrogen-bond donors (Lipinski definition) is 2. The lowest BCUT2D eigenvalue weighted by atomic mass is 10.2. The van der Waals surface area contributed by atoms with Crippen LogP contribution < -0.4 is 11.1 Å². The molecule has 1 atom stereocenters. The molecule has 0 aliphatic rings. The summed E-state index contributed by atoms with van der Waals surface area (Å²) in [5.74, 6) is -0.973. The first-order valence-electron chi connectivity index (χ1n) is 6.53. The van der Waals surface area contributed by atoms with Crippen molar-refractivity contribution in [1.29, 1.82) is 0 Å². The highest BCUT2D eigenvalue weighted by atomic mass is 79.9. The van der Waals surface area contributed by atoms with Crippen molar-refractivity contribution in [3.05, 3.63) is 40.1 Å². The van der Waals surface area contributed by atoms with Crippen molar-refractivity contribution in [3.8, 4) is 5.69 Å². The summed E-state index contributed by atoms with van der Waals surface area (Å²) >= 11 is 3.20. The number of nitrogens with zero attached hydrogens (tertiary/aromatic N) is 3. The molecule has 0 spiro atoms. The molecule has 1 heterocycles. The quantitative estimate of drug-likeness (QED) is 0.835. The number of benzene rings is 1. The van der Waals surface area contributed by atoms with Crippen LogP contribution >= 0.6 is 15.9 Å². The Bertz CT molecular complexity index is 699. The van der Waals surface area contributed by atoms with E-state index in [0.717, 1.165) is 0 Å². The maximum Gasteiger partial charge on any atom is 0.435 e. The fourth-order valence-electron chi connectivity index (χ4n) is 1.80. The van der Waals surface area contributed by atoms with Gasteiger partial charge in [-0.1, -0.05) is 21.1 Å². The molecule has 0 unspecified atom stereocenters. The number of aromatic nitrogens is 3. The molecule has 6 nitrogen and oxygen atoms in total. The molecule has 3 N–H and O–H groups in total. The van der Waals surface area contributed by atoms with Gasteiger partial charge in [0.25, 0.3) is 5.91 Å². The standard InChI is InChI=1S/C13H13BrF3N5O/c1-7(6-18)19-12(23)10-11(13(15,16)17)22(21-20-10)9-4-2-8(14)3-5-9/h2-5,7H,6,18H2,1H3,(H,19,23)/t7-/m0/s1. The van der Waals surface area contributed by atoms with Crippen molar-refractivity contribution in [3.63, 3.8) is 0 Å². The Morgan fingerprint density at radius 2 is 2.00 bits per heavy atom. The maximum absolute atomic E-state index is 13.4. The average Bonchev–Trinajstić information content (AvgIpc) is 2.93. The predicted molar refractivity (Wildman–Crippen MR) is 80.0 cm³/mol. The maximum atomic E-state index is 13.4. The van der Waals surface area contributed by atoms with Crippen molar-refractivity contribution in [2.75, 3.05) is 6.54 Å². The van der Waals surface area contributed by atoms with Crippen LogP contribution in [0.4, 0.5) is 13.2 Å². The molecule has 0 saturated carbocycles. The van der Waals surface area contributed by atoms with Crippen molar-refractivity contribution in [2.45, 2.75) is 19.1 Å². The zero-order chi connectivity index (χ0) is 17.2. The van der Waals surface area contributed by atoms with Crippen LogP contribution in [0.25, 0.3) is 5.69 Å². The molecule has 10 heteroatoms. The number of carbonyl (C=O) groups excluding carboxylic acids is 1. The number of nitrogens with one attached hydrogen (secondary N) is 1. The van der Waals surface area contributed by atoms with Gasteiger partial charge in [-0.2, -0.15) is 13.2 Å². The van der Waals surface area contributed by atoms with E-state index in [-0.39, 0.29) is 12.2 Å². The third kappa shape index (κ3) is 3.88. The highest BCUT2D eigenvalue weighted by Gasteiger charge is 2.42. The van der Waals surface area contributed by atoms with Crippen LogP contribution in [0, 0.1) is 0 Å². The SMILES string of the molecule is C[C@@H](CN)NC(=O)c1nnn(-c2ccc(Br)cc2)c1C(F)(F)F. The Balaban J connectivity index is 2.49. The molecule has 0 aliphatic carbocycles. The first-order valence-corrected chi connectivity index (χ1v) is 7.33. The molecule has 0 radical (unpaired) electrons. The van der Waals surface area contributed by atoms with Gasteiger partial charge in [0.2, 0.25) is 0 Å². The van der Waals surface area contributed by atoms with Gasteiger partial charge < -0.3 is 11.1 Å². The zero-order valence-corrected chi connectivity index (χ0v) is 13.5. The highest BCUT2D eigenvalue weighted by molar-refractivity contribution is 9.10. The summed E-state index contributed by atoms with van der Waals surface area (Å²) in [6.45, 7) is 1.66. The summed E-state index contributed by atoms with van der Waals surface area (Å²) < 4.78 is 41.4. The molecule has 0 aliphatic heterocycles. The molecular weight excluding hydrogens is 379 g/mol. The molecule has 1 amide bonds. The van der Waals surface area contributed by atoms with Gasteiger partial charge in [0.05, 0.1) is 5.69 Å². The van der Waals surface area contributed by atoms with Gasteiger partial charge in [-0.3, -0.25) is 4.79 Å². The van der Waals surface area contributed by atoms with E-state index in [4.69, 9.17) is 5.73 Å². The first-order chi connectivity index (χ1) is 10.7. The summed E-state index contributed by atoms with van der Waals surface area (Å²) in [5.41, 5.74) is 3.46. The van der Waals surface area contributed by atoms with Crippen molar-refractivity contribution >= 4 is 21.8 Å². The van der Waals surface area contributed by atoms with E-state index in [0.29, 0.717) is 9.15 Å².